The van der Waals surface area contributed by atoms with E-state index in [4.69, 9.17) is 16.0 Å². The molecule has 0 unspecified atom stereocenters. The third-order valence-electron chi connectivity index (χ3n) is 2.45. The van der Waals surface area contributed by atoms with Gasteiger partial charge in [0.2, 0.25) is 0 Å². The van der Waals surface area contributed by atoms with Crippen molar-refractivity contribution in [2.24, 2.45) is 0 Å². The summed E-state index contributed by atoms with van der Waals surface area (Å²) in [6, 6.07) is 5.24. The molecule has 2 aromatic rings. The van der Waals surface area contributed by atoms with E-state index in [1.165, 1.54) is 18.9 Å². The Kier molecular flexibility index (Phi) is 4.50. The molecule has 2 heterocycles. The minimum atomic E-state index is -0.395. The number of pyridine rings is 1. The SMILES string of the molecule is COC(=O)c1cc(CSc2ncccc2Cl)oc1C. The van der Waals surface area contributed by atoms with Crippen LogP contribution in [0.5, 0.6) is 0 Å². The molecular weight excluding hydrogens is 286 g/mol. The van der Waals surface area contributed by atoms with E-state index in [0.29, 0.717) is 27.9 Å². The molecule has 100 valence electrons. The van der Waals surface area contributed by atoms with Gasteiger partial charge in [-0.25, -0.2) is 9.78 Å². The van der Waals surface area contributed by atoms with Gasteiger partial charge in [0.15, 0.2) is 0 Å². The maximum atomic E-state index is 11.5. The first-order valence-corrected chi connectivity index (χ1v) is 6.89. The molecule has 0 aromatic carbocycles. The summed E-state index contributed by atoms with van der Waals surface area (Å²) >= 11 is 7.46. The van der Waals surface area contributed by atoms with Gasteiger partial charge in [-0.3, -0.25) is 0 Å². The van der Waals surface area contributed by atoms with Crippen molar-refractivity contribution < 1.29 is 13.9 Å². The van der Waals surface area contributed by atoms with Gasteiger partial charge in [0.05, 0.1) is 17.9 Å². The average Bonchev–Trinajstić information content (AvgIpc) is 2.78. The number of hydrogen-bond acceptors (Lipinski definition) is 5. The maximum absolute atomic E-state index is 11.5. The molecule has 0 fully saturated rings. The largest absolute Gasteiger partial charge is 0.465 e. The number of aromatic nitrogens is 1. The van der Waals surface area contributed by atoms with Crippen molar-refractivity contribution in [3.63, 3.8) is 0 Å². The molecule has 0 saturated carbocycles. The van der Waals surface area contributed by atoms with E-state index in [2.05, 4.69) is 9.72 Å². The Morgan fingerprint density at radius 2 is 2.37 bits per heavy atom. The predicted molar refractivity (Wildman–Crippen MR) is 73.6 cm³/mol. The fourth-order valence-electron chi connectivity index (χ4n) is 1.54. The van der Waals surface area contributed by atoms with Crippen LogP contribution in [0.1, 0.15) is 21.9 Å². The van der Waals surface area contributed by atoms with Crippen LogP contribution in [-0.2, 0) is 10.5 Å². The van der Waals surface area contributed by atoms with E-state index in [-0.39, 0.29) is 0 Å². The average molecular weight is 298 g/mol. The number of furan rings is 1. The summed E-state index contributed by atoms with van der Waals surface area (Å²) in [6.07, 6.45) is 1.68. The molecule has 0 aliphatic heterocycles. The van der Waals surface area contributed by atoms with Crippen molar-refractivity contribution in [3.8, 4) is 0 Å². The Morgan fingerprint density at radius 3 is 3.05 bits per heavy atom. The number of carbonyl (C=O) groups excluding carboxylic acids is 1. The van der Waals surface area contributed by atoms with Crippen LogP contribution in [0.2, 0.25) is 5.02 Å². The van der Waals surface area contributed by atoms with Crippen LogP contribution in [0.25, 0.3) is 0 Å². The smallest absolute Gasteiger partial charge is 0.341 e. The molecule has 0 bridgehead atoms. The second-order valence-electron chi connectivity index (χ2n) is 3.75. The lowest BCUT2D eigenvalue weighted by Crippen LogP contribution is -2.00. The van der Waals surface area contributed by atoms with Gasteiger partial charge in [-0.2, -0.15) is 0 Å². The van der Waals surface area contributed by atoms with Crippen LogP contribution in [0.15, 0.2) is 33.8 Å². The predicted octanol–water partition coefficient (Wildman–Crippen LogP) is 3.72. The lowest BCUT2D eigenvalue weighted by atomic mass is 10.2. The van der Waals surface area contributed by atoms with Crippen molar-refractivity contribution in [1.82, 2.24) is 4.98 Å². The second kappa shape index (κ2) is 6.12. The summed E-state index contributed by atoms with van der Waals surface area (Å²) < 4.78 is 10.2. The van der Waals surface area contributed by atoms with Gasteiger partial charge < -0.3 is 9.15 Å². The Hall–Kier alpha value is -1.46. The summed E-state index contributed by atoms with van der Waals surface area (Å²) in [7, 11) is 1.34. The minimum absolute atomic E-state index is 0.395. The molecular formula is C13H12ClNO3S. The quantitative estimate of drug-likeness (QED) is 0.636. The van der Waals surface area contributed by atoms with E-state index in [9.17, 15) is 4.79 Å². The minimum Gasteiger partial charge on any atom is -0.465 e. The van der Waals surface area contributed by atoms with Crippen LogP contribution in [0, 0.1) is 6.92 Å². The maximum Gasteiger partial charge on any atom is 0.341 e. The van der Waals surface area contributed by atoms with Gasteiger partial charge >= 0.3 is 5.97 Å². The van der Waals surface area contributed by atoms with E-state index in [1.807, 2.05) is 0 Å². The van der Waals surface area contributed by atoms with E-state index in [1.54, 1.807) is 31.3 Å². The molecule has 0 radical (unpaired) electrons. The van der Waals surface area contributed by atoms with Crippen molar-refractivity contribution in [1.29, 1.82) is 0 Å². The number of rotatable bonds is 4. The van der Waals surface area contributed by atoms with E-state index in [0.717, 1.165) is 5.03 Å². The van der Waals surface area contributed by atoms with Gasteiger partial charge in [-0.05, 0) is 25.1 Å². The topological polar surface area (TPSA) is 52.3 Å². The van der Waals surface area contributed by atoms with Crippen LogP contribution >= 0.6 is 23.4 Å². The van der Waals surface area contributed by atoms with Crippen LogP contribution in [0.4, 0.5) is 0 Å². The molecule has 4 nitrogen and oxygen atoms in total. The summed E-state index contributed by atoms with van der Waals surface area (Å²) in [5, 5.41) is 1.34. The number of carbonyl (C=O) groups is 1. The summed E-state index contributed by atoms with van der Waals surface area (Å²) in [5.41, 5.74) is 0.449. The van der Waals surface area contributed by atoms with Crippen LogP contribution in [0.3, 0.4) is 0 Å². The number of methoxy groups -OCH3 is 1. The Morgan fingerprint density at radius 1 is 1.58 bits per heavy atom. The fourth-order valence-corrected chi connectivity index (χ4v) is 2.59. The molecule has 0 spiro atoms. The number of thioether (sulfide) groups is 1. The van der Waals surface area contributed by atoms with E-state index >= 15 is 0 Å². The van der Waals surface area contributed by atoms with Gasteiger partial charge in [-0.1, -0.05) is 23.4 Å². The lowest BCUT2D eigenvalue weighted by molar-refractivity contribution is 0.0599. The first-order valence-electron chi connectivity index (χ1n) is 5.52. The normalized spacial score (nSPS) is 10.5. The molecule has 0 saturated heterocycles. The monoisotopic (exact) mass is 297 g/mol. The number of ether oxygens (including phenoxy) is 1. The van der Waals surface area contributed by atoms with Crippen LogP contribution in [-0.4, -0.2) is 18.1 Å². The lowest BCUT2D eigenvalue weighted by Gasteiger charge is -2.00. The van der Waals surface area contributed by atoms with Gasteiger partial charge in [0.25, 0.3) is 0 Å². The molecule has 2 aromatic heterocycles. The summed E-state index contributed by atoms with van der Waals surface area (Å²) in [4.78, 5) is 15.6. The summed E-state index contributed by atoms with van der Waals surface area (Å²) in [5.74, 6) is 1.39. The highest BCUT2D eigenvalue weighted by molar-refractivity contribution is 7.98. The molecule has 6 heteroatoms. The summed E-state index contributed by atoms with van der Waals surface area (Å²) in [6.45, 7) is 1.73. The van der Waals surface area contributed by atoms with Gasteiger partial charge in [-0.15, -0.1) is 0 Å². The van der Waals surface area contributed by atoms with Crippen molar-refractivity contribution in [2.75, 3.05) is 7.11 Å². The number of halogens is 1. The van der Waals surface area contributed by atoms with Gasteiger partial charge in [0, 0.05) is 6.20 Å². The molecule has 2 rings (SSSR count). The molecule has 0 aliphatic rings. The highest BCUT2D eigenvalue weighted by Crippen LogP contribution is 2.28. The van der Waals surface area contributed by atoms with Crippen LogP contribution < -0.4 is 0 Å². The van der Waals surface area contributed by atoms with Crippen molar-refractivity contribution in [3.05, 3.63) is 46.5 Å². The zero-order valence-electron chi connectivity index (χ0n) is 10.5. The first kappa shape index (κ1) is 14.0. The zero-order valence-corrected chi connectivity index (χ0v) is 12.0. The standard InChI is InChI=1S/C13H12ClNO3S/c1-8-10(13(16)17-2)6-9(18-8)7-19-12-11(14)4-3-5-15-12/h3-6H,7H2,1-2H3. The molecule has 0 N–H and O–H groups in total. The Bertz CT molecular complexity index is 597. The number of hydrogen-bond donors (Lipinski definition) is 0. The molecule has 0 amide bonds. The van der Waals surface area contributed by atoms with Gasteiger partial charge in [0.1, 0.15) is 22.1 Å². The highest BCUT2D eigenvalue weighted by atomic mass is 35.5. The molecule has 0 atom stereocenters. The van der Waals surface area contributed by atoms with Crippen molar-refractivity contribution >= 4 is 29.3 Å². The fraction of sp³-hybridized carbons (Fsp3) is 0.231. The first-order chi connectivity index (χ1) is 9.11. The number of nitrogens with zero attached hydrogens (tertiary/aromatic N) is 1. The number of aryl methyl sites for hydroxylation is 1. The molecule has 0 aliphatic carbocycles. The number of esters is 1. The molecule has 19 heavy (non-hydrogen) atoms. The highest BCUT2D eigenvalue weighted by Gasteiger charge is 2.15. The third-order valence-corrected chi connectivity index (χ3v) is 3.89. The third kappa shape index (κ3) is 3.30. The zero-order chi connectivity index (χ0) is 13.8. The Labute approximate surface area is 120 Å². The Balaban J connectivity index is 2.09. The van der Waals surface area contributed by atoms with E-state index < -0.39 is 5.97 Å². The van der Waals surface area contributed by atoms with Crippen molar-refractivity contribution in [2.45, 2.75) is 17.7 Å². The second-order valence-corrected chi connectivity index (χ2v) is 5.12.